The summed E-state index contributed by atoms with van der Waals surface area (Å²) in [5.41, 5.74) is 0.599. The molecule has 0 radical (unpaired) electrons. The Morgan fingerprint density at radius 2 is 1.31 bits per heavy atom. The number of hydrogen-bond donors (Lipinski definition) is 0. The predicted octanol–water partition coefficient (Wildman–Crippen LogP) is 7.96. The normalized spacial score (nSPS) is 11.7. The molecule has 2 nitrogen and oxygen atoms in total. The van der Waals surface area contributed by atoms with Crippen molar-refractivity contribution >= 4 is 0 Å². The van der Waals surface area contributed by atoms with Crippen LogP contribution in [0.3, 0.4) is 0 Å². The van der Waals surface area contributed by atoms with Crippen molar-refractivity contribution in [3.8, 4) is 11.5 Å². The van der Waals surface area contributed by atoms with Gasteiger partial charge in [0.05, 0.1) is 5.56 Å². The van der Waals surface area contributed by atoms with Crippen molar-refractivity contribution in [1.29, 1.82) is 0 Å². The largest absolute Gasteiger partial charge is 0.429 e. The number of hydrogen-bond acceptors (Lipinski definition) is 2. The van der Waals surface area contributed by atoms with E-state index in [9.17, 15) is 30.7 Å². The summed E-state index contributed by atoms with van der Waals surface area (Å²) >= 11 is 0. The summed E-state index contributed by atoms with van der Waals surface area (Å²) < 4.78 is 104. The second kappa shape index (κ2) is 11.5. The first-order valence-corrected chi connectivity index (χ1v) is 11.0. The molecule has 0 fully saturated rings. The molecule has 0 amide bonds. The van der Waals surface area contributed by atoms with E-state index in [0.29, 0.717) is 17.5 Å². The first-order chi connectivity index (χ1) is 16.6. The van der Waals surface area contributed by atoms with Crippen LogP contribution < -0.4 is 9.47 Å². The number of benzene rings is 3. The average molecular weight is 500 g/mol. The van der Waals surface area contributed by atoms with Crippen LogP contribution in [0, 0.1) is 17.5 Å². The lowest BCUT2D eigenvalue weighted by atomic mass is 10.0. The SMILES string of the molecule is CCCCc1ccc(C(F)(F)Oc2ccc(CCc3cc(F)c(OC(F)F)c(F)c3)cc2)c(F)c1. The molecule has 3 aromatic rings. The van der Waals surface area contributed by atoms with Crippen molar-refractivity contribution in [2.45, 2.75) is 51.7 Å². The van der Waals surface area contributed by atoms with Crippen molar-refractivity contribution in [2.24, 2.45) is 0 Å². The molecule has 9 heteroatoms. The van der Waals surface area contributed by atoms with Crippen LogP contribution in [0.25, 0.3) is 0 Å². The molecule has 0 heterocycles. The maximum absolute atomic E-state index is 14.6. The van der Waals surface area contributed by atoms with Gasteiger partial charge in [-0.05, 0) is 78.8 Å². The Morgan fingerprint density at radius 3 is 1.89 bits per heavy atom. The third-order valence-electron chi connectivity index (χ3n) is 5.30. The fourth-order valence-corrected chi connectivity index (χ4v) is 3.51. The average Bonchev–Trinajstić information content (AvgIpc) is 2.79. The van der Waals surface area contributed by atoms with Gasteiger partial charge in [0.15, 0.2) is 17.4 Å². The molecule has 0 aliphatic rings. The van der Waals surface area contributed by atoms with Crippen LogP contribution in [-0.2, 0) is 25.4 Å². The molecular weight excluding hydrogens is 477 g/mol. The smallest absolute Gasteiger partial charge is 0.429 e. The molecule has 3 rings (SSSR count). The lowest BCUT2D eigenvalue weighted by Crippen LogP contribution is -2.23. The van der Waals surface area contributed by atoms with E-state index in [4.69, 9.17) is 4.74 Å². The minimum absolute atomic E-state index is 0.148. The van der Waals surface area contributed by atoms with Gasteiger partial charge in [-0.25, -0.2) is 13.2 Å². The Labute approximate surface area is 198 Å². The summed E-state index contributed by atoms with van der Waals surface area (Å²) in [6.07, 6.45) is -1.16. The van der Waals surface area contributed by atoms with Crippen LogP contribution in [0.2, 0.25) is 0 Å². The van der Waals surface area contributed by atoms with Crippen molar-refractivity contribution < 1.29 is 40.2 Å². The molecule has 0 atom stereocenters. The summed E-state index contributed by atoms with van der Waals surface area (Å²) in [5, 5.41) is 0. The zero-order valence-electron chi connectivity index (χ0n) is 18.8. The van der Waals surface area contributed by atoms with Crippen LogP contribution in [0.4, 0.5) is 30.7 Å². The Kier molecular flexibility index (Phi) is 8.64. The van der Waals surface area contributed by atoms with Gasteiger partial charge in [-0.2, -0.15) is 17.6 Å². The first-order valence-electron chi connectivity index (χ1n) is 11.0. The molecule has 0 unspecified atom stereocenters. The molecule has 0 saturated heterocycles. The molecule has 0 N–H and O–H groups in total. The molecule has 0 saturated carbocycles. The van der Waals surface area contributed by atoms with Gasteiger partial charge in [-0.1, -0.05) is 31.5 Å². The number of alkyl halides is 4. The highest BCUT2D eigenvalue weighted by Gasteiger charge is 2.37. The molecule has 35 heavy (non-hydrogen) atoms. The Hall–Kier alpha value is -3.23. The molecular formula is C26H23F7O2. The third-order valence-corrected chi connectivity index (χ3v) is 5.30. The number of aryl methyl sites for hydroxylation is 3. The topological polar surface area (TPSA) is 18.5 Å². The van der Waals surface area contributed by atoms with Crippen LogP contribution in [0.15, 0.2) is 54.6 Å². The molecule has 0 spiro atoms. The summed E-state index contributed by atoms with van der Waals surface area (Å²) in [4.78, 5) is 0. The quantitative estimate of drug-likeness (QED) is 0.249. The monoisotopic (exact) mass is 500 g/mol. The minimum atomic E-state index is -3.90. The van der Waals surface area contributed by atoms with Crippen molar-refractivity contribution in [1.82, 2.24) is 0 Å². The fraction of sp³-hybridized carbons (Fsp3) is 0.308. The molecule has 0 aromatic heterocycles. The van der Waals surface area contributed by atoms with Gasteiger partial charge < -0.3 is 9.47 Å². The van der Waals surface area contributed by atoms with E-state index in [1.165, 1.54) is 30.3 Å². The van der Waals surface area contributed by atoms with Gasteiger partial charge in [-0.15, -0.1) is 0 Å². The summed E-state index contributed by atoms with van der Waals surface area (Å²) in [5.74, 6) is -4.91. The van der Waals surface area contributed by atoms with Gasteiger partial charge in [0, 0.05) is 0 Å². The van der Waals surface area contributed by atoms with Crippen LogP contribution in [-0.4, -0.2) is 6.61 Å². The fourth-order valence-electron chi connectivity index (χ4n) is 3.51. The van der Waals surface area contributed by atoms with E-state index in [-0.39, 0.29) is 24.2 Å². The van der Waals surface area contributed by atoms with Gasteiger partial charge in [0.25, 0.3) is 0 Å². The highest BCUT2D eigenvalue weighted by atomic mass is 19.3. The number of ether oxygens (including phenoxy) is 2. The standard InChI is InChI=1S/C26H23F7O2/c1-2-3-4-17-9-12-20(21(27)13-17)26(32,33)35-19-10-7-16(8-11-19)5-6-18-14-22(28)24(23(29)15-18)34-25(30)31/h7-15,25H,2-6H2,1H3. The highest BCUT2D eigenvalue weighted by molar-refractivity contribution is 5.34. The summed E-state index contributed by atoms with van der Waals surface area (Å²) in [6.45, 7) is -1.39. The molecule has 3 aromatic carbocycles. The summed E-state index contributed by atoms with van der Waals surface area (Å²) in [7, 11) is 0. The third kappa shape index (κ3) is 7.13. The Morgan fingerprint density at radius 1 is 0.743 bits per heavy atom. The van der Waals surface area contributed by atoms with E-state index in [1.54, 1.807) is 0 Å². The number of halogens is 7. The van der Waals surface area contributed by atoms with Gasteiger partial charge in [0.2, 0.25) is 0 Å². The Balaban J connectivity index is 1.63. The molecule has 0 aliphatic carbocycles. The maximum Gasteiger partial charge on any atom is 0.429 e. The van der Waals surface area contributed by atoms with Crippen LogP contribution >= 0.6 is 0 Å². The molecule has 188 valence electrons. The van der Waals surface area contributed by atoms with E-state index in [0.717, 1.165) is 37.1 Å². The predicted molar refractivity (Wildman–Crippen MR) is 116 cm³/mol. The minimum Gasteiger partial charge on any atom is -0.429 e. The van der Waals surface area contributed by atoms with E-state index >= 15 is 0 Å². The van der Waals surface area contributed by atoms with E-state index < -0.39 is 41.5 Å². The van der Waals surface area contributed by atoms with Gasteiger partial charge in [-0.3, -0.25) is 0 Å². The first kappa shape index (κ1) is 26.4. The zero-order valence-corrected chi connectivity index (χ0v) is 18.8. The summed E-state index contributed by atoms with van der Waals surface area (Å²) in [6, 6.07) is 10.9. The van der Waals surface area contributed by atoms with E-state index in [1.807, 2.05) is 6.92 Å². The van der Waals surface area contributed by atoms with Gasteiger partial charge >= 0.3 is 12.7 Å². The van der Waals surface area contributed by atoms with Crippen LogP contribution in [0.1, 0.15) is 42.0 Å². The van der Waals surface area contributed by atoms with Crippen molar-refractivity contribution in [3.63, 3.8) is 0 Å². The van der Waals surface area contributed by atoms with E-state index in [2.05, 4.69) is 4.74 Å². The lowest BCUT2D eigenvalue weighted by Gasteiger charge is -2.19. The van der Waals surface area contributed by atoms with Crippen LogP contribution in [0.5, 0.6) is 11.5 Å². The highest BCUT2D eigenvalue weighted by Crippen LogP contribution is 2.34. The maximum atomic E-state index is 14.6. The molecule has 0 bridgehead atoms. The zero-order chi connectivity index (χ0) is 25.6. The second-order valence-electron chi connectivity index (χ2n) is 7.95. The molecule has 0 aliphatic heterocycles. The number of unbranched alkanes of at least 4 members (excludes halogenated alkanes) is 1. The van der Waals surface area contributed by atoms with Crippen molar-refractivity contribution in [2.75, 3.05) is 0 Å². The Bertz CT molecular complexity index is 1110. The van der Waals surface area contributed by atoms with Crippen molar-refractivity contribution in [3.05, 3.63) is 94.3 Å². The number of rotatable bonds is 11. The lowest BCUT2D eigenvalue weighted by molar-refractivity contribution is -0.187. The van der Waals surface area contributed by atoms with Gasteiger partial charge in [0.1, 0.15) is 11.6 Å². The second-order valence-corrected chi connectivity index (χ2v) is 7.95.